The molecule has 0 aliphatic rings. The third-order valence-electron chi connectivity index (χ3n) is 2.17. The van der Waals surface area contributed by atoms with Crippen molar-refractivity contribution in [1.29, 1.82) is 5.26 Å². The number of nitrogens with zero attached hydrogens (tertiary/aromatic N) is 3. The van der Waals surface area contributed by atoms with Crippen molar-refractivity contribution in [2.24, 2.45) is 0 Å². The molecule has 0 aliphatic heterocycles. The third-order valence-corrected chi connectivity index (χ3v) is 2.17. The van der Waals surface area contributed by atoms with Crippen LogP contribution in [0.15, 0.2) is 18.2 Å². The first-order chi connectivity index (χ1) is 6.65. The molecule has 0 saturated heterocycles. The summed E-state index contributed by atoms with van der Waals surface area (Å²) in [5, 5.41) is 8.57. The fraction of sp³-hybridized carbons (Fsp3) is 0.400. The molecule has 0 amide bonds. The largest absolute Gasteiger partial charge is 0.384 e. The van der Waals surface area contributed by atoms with E-state index < -0.39 is 0 Å². The van der Waals surface area contributed by atoms with Crippen molar-refractivity contribution < 1.29 is 0 Å². The Morgan fingerprint density at radius 3 is 2.93 bits per heavy atom. The molecule has 0 radical (unpaired) electrons. The summed E-state index contributed by atoms with van der Waals surface area (Å²) in [5.41, 5.74) is 5.57. The molecule has 0 aromatic carbocycles. The standard InChI is InChI=1S/C10H14N4/c1-8(6-7-11)14(2)10-5-3-4-9(12)13-10/h3-5,8H,6H2,1-2H3,(H2,12,13). The SMILES string of the molecule is CC(CC#N)N(C)c1cccc(N)n1. The fourth-order valence-corrected chi connectivity index (χ4v) is 1.13. The normalized spacial score (nSPS) is 11.8. The first kappa shape index (κ1) is 10.3. The number of pyridine rings is 1. The van der Waals surface area contributed by atoms with Gasteiger partial charge in [-0.05, 0) is 19.1 Å². The first-order valence-electron chi connectivity index (χ1n) is 4.47. The van der Waals surface area contributed by atoms with Gasteiger partial charge in [0.25, 0.3) is 0 Å². The second-order valence-electron chi connectivity index (χ2n) is 3.24. The molecule has 4 nitrogen and oxygen atoms in total. The van der Waals surface area contributed by atoms with Gasteiger partial charge in [-0.3, -0.25) is 0 Å². The molecule has 74 valence electrons. The zero-order valence-electron chi connectivity index (χ0n) is 8.44. The van der Waals surface area contributed by atoms with Gasteiger partial charge in [-0.1, -0.05) is 6.07 Å². The van der Waals surface area contributed by atoms with Crippen molar-refractivity contribution in [3.63, 3.8) is 0 Å². The van der Waals surface area contributed by atoms with Gasteiger partial charge in [-0.2, -0.15) is 5.26 Å². The summed E-state index contributed by atoms with van der Waals surface area (Å²) in [6.07, 6.45) is 0.479. The summed E-state index contributed by atoms with van der Waals surface area (Å²) in [6.45, 7) is 1.98. The van der Waals surface area contributed by atoms with Gasteiger partial charge >= 0.3 is 0 Å². The number of nitriles is 1. The van der Waals surface area contributed by atoms with Gasteiger partial charge in [0.1, 0.15) is 11.6 Å². The van der Waals surface area contributed by atoms with Crippen LogP contribution < -0.4 is 10.6 Å². The van der Waals surface area contributed by atoms with Crippen LogP contribution in [0.5, 0.6) is 0 Å². The third kappa shape index (κ3) is 2.36. The summed E-state index contributed by atoms with van der Waals surface area (Å²) in [7, 11) is 1.91. The van der Waals surface area contributed by atoms with E-state index in [1.165, 1.54) is 0 Å². The van der Waals surface area contributed by atoms with Crippen LogP contribution >= 0.6 is 0 Å². The van der Waals surface area contributed by atoms with E-state index in [9.17, 15) is 0 Å². The summed E-state index contributed by atoms with van der Waals surface area (Å²) in [5.74, 6) is 1.30. The second-order valence-corrected chi connectivity index (χ2v) is 3.24. The Hall–Kier alpha value is -1.76. The maximum absolute atomic E-state index is 8.57. The van der Waals surface area contributed by atoms with Crippen molar-refractivity contribution in [2.45, 2.75) is 19.4 Å². The van der Waals surface area contributed by atoms with E-state index in [-0.39, 0.29) is 6.04 Å². The average molecular weight is 190 g/mol. The van der Waals surface area contributed by atoms with Crippen LogP contribution in [0.4, 0.5) is 11.6 Å². The monoisotopic (exact) mass is 190 g/mol. The molecule has 4 heteroatoms. The highest BCUT2D eigenvalue weighted by atomic mass is 15.2. The molecular formula is C10H14N4. The van der Waals surface area contributed by atoms with E-state index in [0.717, 1.165) is 5.82 Å². The minimum Gasteiger partial charge on any atom is -0.384 e. The van der Waals surface area contributed by atoms with Crippen molar-refractivity contribution >= 4 is 11.6 Å². The van der Waals surface area contributed by atoms with Crippen molar-refractivity contribution in [1.82, 2.24) is 4.98 Å². The fourth-order valence-electron chi connectivity index (χ4n) is 1.13. The summed E-state index contributed by atoms with van der Waals surface area (Å²) in [6, 6.07) is 7.76. The molecule has 2 N–H and O–H groups in total. The Bertz CT molecular complexity index is 342. The Morgan fingerprint density at radius 1 is 1.64 bits per heavy atom. The molecule has 0 bridgehead atoms. The number of nitrogens with two attached hydrogens (primary N) is 1. The van der Waals surface area contributed by atoms with Crippen LogP contribution in [-0.4, -0.2) is 18.1 Å². The van der Waals surface area contributed by atoms with Crippen LogP contribution in [0.3, 0.4) is 0 Å². The van der Waals surface area contributed by atoms with Gasteiger partial charge in [-0.15, -0.1) is 0 Å². The average Bonchev–Trinajstić information content (AvgIpc) is 2.17. The minimum atomic E-state index is 0.147. The highest BCUT2D eigenvalue weighted by Gasteiger charge is 2.10. The molecule has 0 aliphatic carbocycles. The van der Waals surface area contributed by atoms with Gasteiger partial charge in [-0.25, -0.2) is 4.98 Å². The number of nitrogen functional groups attached to an aromatic ring is 1. The molecule has 1 atom stereocenters. The van der Waals surface area contributed by atoms with E-state index in [1.54, 1.807) is 6.07 Å². The Labute approximate surface area is 84.0 Å². The first-order valence-corrected chi connectivity index (χ1v) is 4.47. The van der Waals surface area contributed by atoms with Gasteiger partial charge in [0.05, 0.1) is 12.5 Å². The van der Waals surface area contributed by atoms with E-state index in [2.05, 4.69) is 11.1 Å². The Morgan fingerprint density at radius 2 is 2.36 bits per heavy atom. The predicted molar refractivity (Wildman–Crippen MR) is 56.7 cm³/mol. The molecule has 1 rings (SSSR count). The van der Waals surface area contributed by atoms with Gasteiger partial charge < -0.3 is 10.6 Å². The topological polar surface area (TPSA) is 65.9 Å². The second kappa shape index (κ2) is 4.47. The van der Waals surface area contributed by atoms with Crippen LogP contribution in [0.1, 0.15) is 13.3 Å². The number of hydrogen-bond acceptors (Lipinski definition) is 4. The molecular weight excluding hydrogens is 176 g/mol. The van der Waals surface area contributed by atoms with Crippen LogP contribution in [0.25, 0.3) is 0 Å². The molecule has 0 fully saturated rings. The smallest absolute Gasteiger partial charge is 0.130 e. The number of hydrogen-bond donors (Lipinski definition) is 1. The summed E-state index contributed by atoms with van der Waals surface area (Å²) in [4.78, 5) is 6.11. The molecule has 1 heterocycles. The molecule has 1 aromatic heterocycles. The van der Waals surface area contributed by atoms with Crippen LogP contribution in [0.2, 0.25) is 0 Å². The van der Waals surface area contributed by atoms with Crippen LogP contribution in [0, 0.1) is 11.3 Å². The lowest BCUT2D eigenvalue weighted by atomic mass is 10.2. The van der Waals surface area contributed by atoms with Gasteiger partial charge in [0.15, 0.2) is 0 Å². The summed E-state index contributed by atoms with van der Waals surface area (Å²) < 4.78 is 0. The Balaban J connectivity index is 2.79. The molecule has 14 heavy (non-hydrogen) atoms. The van der Waals surface area contributed by atoms with Crippen molar-refractivity contribution in [2.75, 3.05) is 17.7 Å². The number of aromatic nitrogens is 1. The van der Waals surface area contributed by atoms with Crippen LogP contribution in [-0.2, 0) is 0 Å². The van der Waals surface area contributed by atoms with E-state index in [0.29, 0.717) is 12.2 Å². The zero-order chi connectivity index (χ0) is 10.6. The van der Waals surface area contributed by atoms with Crippen molar-refractivity contribution in [3.05, 3.63) is 18.2 Å². The number of rotatable bonds is 3. The quantitative estimate of drug-likeness (QED) is 0.782. The zero-order valence-corrected chi connectivity index (χ0v) is 8.44. The Kier molecular flexibility index (Phi) is 3.29. The maximum Gasteiger partial charge on any atom is 0.130 e. The summed E-state index contributed by atoms with van der Waals surface area (Å²) >= 11 is 0. The number of anilines is 2. The van der Waals surface area contributed by atoms with E-state index in [4.69, 9.17) is 11.0 Å². The molecule has 1 aromatic rings. The molecule has 0 spiro atoms. The van der Waals surface area contributed by atoms with Gasteiger partial charge in [0.2, 0.25) is 0 Å². The lowest BCUT2D eigenvalue weighted by Gasteiger charge is -2.23. The molecule has 1 unspecified atom stereocenters. The lowest BCUT2D eigenvalue weighted by molar-refractivity contribution is 0.694. The van der Waals surface area contributed by atoms with Crippen molar-refractivity contribution in [3.8, 4) is 6.07 Å². The van der Waals surface area contributed by atoms with E-state index in [1.807, 2.05) is 31.0 Å². The predicted octanol–water partition coefficient (Wildman–Crippen LogP) is 1.40. The highest BCUT2D eigenvalue weighted by molar-refractivity contribution is 5.44. The van der Waals surface area contributed by atoms with E-state index >= 15 is 0 Å². The minimum absolute atomic E-state index is 0.147. The van der Waals surface area contributed by atoms with Gasteiger partial charge in [0, 0.05) is 13.1 Å². The lowest BCUT2D eigenvalue weighted by Crippen LogP contribution is -2.29. The molecule has 0 saturated carbocycles. The highest BCUT2D eigenvalue weighted by Crippen LogP contribution is 2.14. The maximum atomic E-state index is 8.57.